The maximum absolute atomic E-state index is 12.8. The van der Waals surface area contributed by atoms with Crippen molar-refractivity contribution in [1.82, 2.24) is 20.6 Å². The van der Waals surface area contributed by atoms with Crippen molar-refractivity contribution in [3.8, 4) is 0 Å². The van der Waals surface area contributed by atoms with Gasteiger partial charge in [-0.15, -0.1) is 0 Å². The van der Waals surface area contributed by atoms with E-state index < -0.39 is 6.04 Å². The highest BCUT2D eigenvalue weighted by Gasteiger charge is 2.33. The zero-order valence-corrected chi connectivity index (χ0v) is 14.8. The Morgan fingerprint density at radius 1 is 1.16 bits per heavy atom. The van der Waals surface area contributed by atoms with Crippen molar-refractivity contribution in [2.45, 2.75) is 57.5 Å². The van der Waals surface area contributed by atoms with Crippen LogP contribution < -0.4 is 15.5 Å². The number of rotatable bonds is 5. The van der Waals surface area contributed by atoms with Crippen LogP contribution in [-0.4, -0.2) is 47.0 Å². The number of anilines is 1. The summed E-state index contributed by atoms with van der Waals surface area (Å²) in [7, 11) is 0. The van der Waals surface area contributed by atoms with E-state index in [0.29, 0.717) is 12.5 Å². The molecule has 1 aliphatic carbocycles. The van der Waals surface area contributed by atoms with E-state index in [0.717, 1.165) is 45.1 Å². The van der Waals surface area contributed by atoms with Crippen molar-refractivity contribution in [2.24, 2.45) is 5.92 Å². The Kier molecular flexibility index (Phi) is 5.83. The second-order valence-corrected chi connectivity index (χ2v) is 7.07. The minimum absolute atomic E-state index is 0.0528. The minimum atomic E-state index is -0.414. The van der Waals surface area contributed by atoms with Gasteiger partial charge < -0.3 is 15.5 Å². The number of carbonyl (C=O) groups excluding carboxylic acids is 2. The van der Waals surface area contributed by atoms with Crippen molar-refractivity contribution >= 4 is 17.8 Å². The normalized spacial score (nSPS) is 22.4. The molecule has 2 heterocycles. The van der Waals surface area contributed by atoms with E-state index in [4.69, 9.17) is 0 Å². The van der Waals surface area contributed by atoms with E-state index in [9.17, 15) is 9.59 Å². The molecule has 1 aromatic heterocycles. The number of piperidine rings is 1. The van der Waals surface area contributed by atoms with Gasteiger partial charge in [0.15, 0.2) is 0 Å². The number of carbonyl (C=O) groups is 2. The highest BCUT2D eigenvalue weighted by Crippen LogP contribution is 2.28. The molecule has 0 aromatic carbocycles. The van der Waals surface area contributed by atoms with E-state index in [1.807, 2.05) is 0 Å². The molecule has 2 atom stereocenters. The third-order valence-electron chi connectivity index (χ3n) is 5.12. The summed E-state index contributed by atoms with van der Waals surface area (Å²) >= 11 is 0. The fourth-order valence-electron chi connectivity index (χ4n) is 3.93. The topological polar surface area (TPSA) is 87.2 Å². The molecule has 0 spiro atoms. The second kappa shape index (κ2) is 8.27. The molecule has 2 aliphatic rings. The van der Waals surface area contributed by atoms with Gasteiger partial charge in [0.2, 0.25) is 17.8 Å². The lowest BCUT2D eigenvalue weighted by atomic mass is 9.96. The predicted molar refractivity (Wildman–Crippen MR) is 95.0 cm³/mol. The summed E-state index contributed by atoms with van der Waals surface area (Å²) in [5.74, 6) is 0.759. The summed E-state index contributed by atoms with van der Waals surface area (Å²) in [5.41, 5.74) is 0. The van der Waals surface area contributed by atoms with E-state index in [1.165, 1.54) is 6.92 Å². The molecular formula is C18H27N5O2. The third-order valence-corrected chi connectivity index (χ3v) is 5.12. The highest BCUT2D eigenvalue weighted by atomic mass is 16.2. The number of amides is 2. The third kappa shape index (κ3) is 4.67. The van der Waals surface area contributed by atoms with Crippen LogP contribution in [0.3, 0.4) is 0 Å². The molecular weight excluding hydrogens is 318 g/mol. The van der Waals surface area contributed by atoms with Gasteiger partial charge in [-0.05, 0) is 37.7 Å². The molecule has 25 heavy (non-hydrogen) atoms. The van der Waals surface area contributed by atoms with Gasteiger partial charge in [0, 0.05) is 38.4 Å². The molecule has 1 aromatic rings. The van der Waals surface area contributed by atoms with Gasteiger partial charge in [-0.1, -0.05) is 12.8 Å². The Labute approximate surface area is 148 Å². The Morgan fingerprint density at radius 2 is 1.88 bits per heavy atom. The van der Waals surface area contributed by atoms with Gasteiger partial charge in [-0.2, -0.15) is 0 Å². The highest BCUT2D eigenvalue weighted by molar-refractivity contribution is 5.87. The van der Waals surface area contributed by atoms with Crippen LogP contribution in [0.4, 0.5) is 5.95 Å². The van der Waals surface area contributed by atoms with Gasteiger partial charge in [-0.3, -0.25) is 9.59 Å². The average molecular weight is 345 g/mol. The Morgan fingerprint density at radius 3 is 2.56 bits per heavy atom. The van der Waals surface area contributed by atoms with Crippen LogP contribution in [0.15, 0.2) is 18.5 Å². The van der Waals surface area contributed by atoms with Crippen LogP contribution >= 0.6 is 0 Å². The first kappa shape index (κ1) is 17.6. The predicted octanol–water partition coefficient (Wildman–Crippen LogP) is 1.26. The molecule has 1 saturated heterocycles. The standard InChI is InChI=1S/C18H27N5O2/c1-13(24)21-16(14-6-2-3-7-14)17(25)22-15-8-4-11-23(12-15)18-19-9-5-10-20-18/h5,9-10,14-16H,2-4,6-8,11-12H2,1H3,(H,21,24)(H,22,25)/t15-,16+/m1/s1. The molecule has 2 amide bonds. The monoisotopic (exact) mass is 345 g/mol. The van der Waals surface area contributed by atoms with Crippen LogP contribution in [0.2, 0.25) is 0 Å². The lowest BCUT2D eigenvalue weighted by Gasteiger charge is -2.34. The lowest BCUT2D eigenvalue weighted by Crippen LogP contribution is -2.55. The van der Waals surface area contributed by atoms with Crippen molar-refractivity contribution in [3.63, 3.8) is 0 Å². The number of hydrogen-bond donors (Lipinski definition) is 2. The molecule has 7 nitrogen and oxygen atoms in total. The van der Waals surface area contributed by atoms with Crippen molar-refractivity contribution in [2.75, 3.05) is 18.0 Å². The number of aromatic nitrogens is 2. The average Bonchev–Trinajstić information content (AvgIpc) is 3.15. The molecule has 1 aliphatic heterocycles. The van der Waals surface area contributed by atoms with Crippen LogP contribution in [0.5, 0.6) is 0 Å². The van der Waals surface area contributed by atoms with Gasteiger partial charge in [0.1, 0.15) is 6.04 Å². The van der Waals surface area contributed by atoms with E-state index >= 15 is 0 Å². The zero-order chi connectivity index (χ0) is 17.6. The quantitative estimate of drug-likeness (QED) is 0.839. The first-order valence-corrected chi connectivity index (χ1v) is 9.23. The molecule has 1 saturated carbocycles. The summed E-state index contributed by atoms with van der Waals surface area (Å²) in [5, 5.41) is 6.01. The van der Waals surface area contributed by atoms with E-state index in [1.54, 1.807) is 18.5 Å². The lowest BCUT2D eigenvalue weighted by molar-refractivity contribution is -0.130. The maximum Gasteiger partial charge on any atom is 0.243 e. The van der Waals surface area contributed by atoms with Gasteiger partial charge >= 0.3 is 0 Å². The summed E-state index contributed by atoms with van der Waals surface area (Å²) in [6, 6.07) is 1.44. The molecule has 7 heteroatoms. The molecule has 0 radical (unpaired) electrons. The second-order valence-electron chi connectivity index (χ2n) is 7.07. The molecule has 2 N–H and O–H groups in total. The Balaban J connectivity index is 1.61. The number of nitrogens with one attached hydrogen (secondary N) is 2. The summed E-state index contributed by atoms with van der Waals surface area (Å²) in [4.78, 5) is 35.0. The minimum Gasteiger partial charge on any atom is -0.350 e. The van der Waals surface area contributed by atoms with Gasteiger partial charge in [0.25, 0.3) is 0 Å². The fraction of sp³-hybridized carbons (Fsp3) is 0.667. The molecule has 0 bridgehead atoms. The van der Waals surface area contributed by atoms with Crippen LogP contribution in [-0.2, 0) is 9.59 Å². The van der Waals surface area contributed by atoms with Crippen molar-refractivity contribution < 1.29 is 9.59 Å². The van der Waals surface area contributed by atoms with Crippen LogP contribution in [0.1, 0.15) is 45.4 Å². The Bertz CT molecular complexity index is 588. The number of nitrogens with zero attached hydrogens (tertiary/aromatic N) is 3. The zero-order valence-electron chi connectivity index (χ0n) is 14.8. The fourth-order valence-corrected chi connectivity index (χ4v) is 3.93. The van der Waals surface area contributed by atoms with Crippen LogP contribution in [0.25, 0.3) is 0 Å². The Hall–Kier alpha value is -2.18. The largest absolute Gasteiger partial charge is 0.350 e. The van der Waals surface area contributed by atoms with Crippen molar-refractivity contribution in [3.05, 3.63) is 18.5 Å². The molecule has 136 valence electrons. The molecule has 3 rings (SSSR count). The van der Waals surface area contributed by atoms with Gasteiger partial charge in [0.05, 0.1) is 0 Å². The molecule has 0 unspecified atom stereocenters. The SMILES string of the molecule is CC(=O)N[C@H](C(=O)N[C@@H]1CCCN(c2ncccn2)C1)C1CCCC1. The van der Waals surface area contributed by atoms with Crippen LogP contribution in [0, 0.1) is 5.92 Å². The van der Waals surface area contributed by atoms with Crippen molar-refractivity contribution in [1.29, 1.82) is 0 Å². The summed E-state index contributed by atoms with van der Waals surface area (Å²) < 4.78 is 0. The summed E-state index contributed by atoms with van der Waals surface area (Å²) in [6.07, 6.45) is 9.67. The van der Waals surface area contributed by atoms with E-state index in [2.05, 4.69) is 25.5 Å². The number of hydrogen-bond acceptors (Lipinski definition) is 5. The van der Waals surface area contributed by atoms with Gasteiger partial charge in [-0.25, -0.2) is 9.97 Å². The maximum atomic E-state index is 12.8. The smallest absolute Gasteiger partial charge is 0.243 e. The molecule has 2 fully saturated rings. The summed E-state index contributed by atoms with van der Waals surface area (Å²) in [6.45, 7) is 3.08. The van der Waals surface area contributed by atoms with E-state index in [-0.39, 0.29) is 23.8 Å². The first-order chi connectivity index (χ1) is 12.1. The first-order valence-electron chi connectivity index (χ1n) is 9.23.